The topological polar surface area (TPSA) is 46.2 Å². The van der Waals surface area contributed by atoms with Gasteiger partial charge >= 0.3 is 0 Å². The summed E-state index contributed by atoms with van der Waals surface area (Å²) in [6.45, 7) is 6.75. The zero-order valence-corrected chi connectivity index (χ0v) is 11.5. The zero-order chi connectivity index (χ0) is 13.0. The van der Waals surface area contributed by atoms with Crippen molar-refractivity contribution in [1.29, 1.82) is 0 Å². The first kappa shape index (κ1) is 14.5. The van der Waals surface area contributed by atoms with Gasteiger partial charge in [-0.25, -0.2) is 0 Å². The van der Waals surface area contributed by atoms with Crippen molar-refractivity contribution in [2.45, 2.75) is 33.3 Å². The van der Waals surface area contributed by atoms with Crippen LogP contribution in [0.15, 0.2) is 18.2 Å². The molecular weight excluding hydrogens is 234 g/mol. The molecule has 1 rings (SSSR count). The van der Waals surface area contributed by atoms with E-state index in [0.29, 0.717) is 17.5 Å². The van der Waals surface area contributed by atoms with Crippen LogP contribution < -0.4 is 5.73 Å². The van der Waals surface area contributed by atoms with E-state index in [9.17, 15) is 5.11 Å². The van der Waals surface area contributed by atoms with Crippen molar-refractivity contribution in [2.24, 2.45) is 17.6 Å². The lowest BCUT2D eigenvalue weighted by atomic mass is 9.87. The fourth-order valence-electron chi connectivity index (χ4n) is 2.18. The number of hydrogen-bond acceptors (Lipinski definition) is 2. The lowest BCUT2D eigenvalue weighted by Gasteiger charge is -2.24. The van der Waals surface area contributed by atoms with Crippen molar-refractivity contribution in [3.8, 4) is 0 Å². The summed E-state index contributed by atoms with van der Waals surface area (Å²) in [5.74, 6) is 0.640. The van der Waals surface area contributed by atoms with Crippen LogP contribution in [-0.4, -0.2) is 11.7 Å². The van der Waals surface area contributed by atoms with E-state index in [-0.39, 0.29) is 5.92 Å². The third-order valence-corrected chi connectivity index (χ3v) is 3.31. The molecule has 2 nitrogen and oxygen atoms in total. The molecule has 0 amide bonds. The molecule has 1 aromatic rings. The summed E-state index contributed by atoms with van der Waals surface area (Å²) >= 11 is 5.91. The summed E-state index contributed by atoms with van der Waals surface area (Å²) in [5, 5.41) is 11.1. The lowest BCUT2D eigenvalue weighted by Crippen LogP contribution is -2.24. The summed E-state index contributed by atoms with van der Waals surface area (Å²) in [5.41, 5.74) is 7.71. The van der Waals surface area contributed by atoms with E-state index in [2.05, 4.69) is 13.8 Å². The second-order valence-corrected chi connectivity index (χ2v) is 5.51. The molecule has 0 aliphatic rings. The number of aryl methyl sites for hydroxylation is 1. The Morgan fingerprint density at radius 3 is 2.47 bits per heavy atom. The standard InChI is InChI=1S/C14H22ClNO/c1-9(2)6-11(8-16)14(17)13-5-4-12(15)7-10(13)3/h4-5,7,9,11,14,17H,6,8,16H2,1-3H3. The highest BCUT2D eigenvalue weighted by Gasteiger charge is 2.21. The molecule has 0 aliphatic carbocycles. The average Bonchev–Trinajstić information content (AvgIpc) is 2.24. The Hall–Kier alpha value is -0.570. The molecule has 0 saturated heterocycles. The first-order valence-corrected chi connectivity index (χ1v) is 6.47. The molecule has 96 valence electrons. The first-order valence-electron chi connectivity index (χ1n) is 6.09. The van der Waals surface area contributed by atoms with E-state index in [1.165, 1.54) is 0 Å². The van der Waals surface area contributed by atoms with Crippen LogP contribution in [-0.2, 0) is 0 Å². The fourth-order valence-corrected chi connectivity index (χ4v) is 2.41. The molecule has 3 heteroatoms. The smallest absolute Gasteiger partial charge is 0.0832 e. The molecule has 2 unspecified atom stereocenters. The van der Waals surface area contributed by atoms with Crippen LogP contribution in [0.3, 0.4) is 0 Å². The minimum atomic E-state index is -0.500. The van der Waals surface area contributed by atoms with E-state index in [4.69, 9.17) is 17.3 Å². The van der Waals surface area contributed by atoms with E-state index in [1.807, 2.05) is 25.1 Å². The highest BCUT2D eigenvalue weighted by Crippen LogP contribution is 2.30. The molecule has 0 bridgehead atoms. The average molecular weight is 256 g/mol. The summed E-state index contributed by atoms with van der Waals surface area (Å²) in [7, 11) is 0. The van der Waals surface area contributed by atoms with Gasteiger partial charge in [0.2, 0.25) is 0 Å². The summed E-state index contributed by atoms with van der Waals surface area (Å²) in [4.78, 5) is 0. The van der Waals surface area contributed by atoms with Crippen LogP contribution in [0.2, 0.25) is 5.02 Å². The summed E-state index contributed by atoms with van der Waals surface area (Å²) in [6, 6.07) is 5.59. The van der Waals surface area contributed by atoms with Gasteiger partial charge in [0.25, 0.3) is 0 Å². The van der Waals surface area contributed by atoms with Crippen molar-refractivity contribution in [1.82, 2.24) is 0 Å². The monoisotopic (exact) mass is 255 g/mol. The zero-order valence-electron chi connectivity index (χ0n) is 10.8. The second kappa shape index (κ2) is 6.39. The molecular formula is C14H22ClNO. The Morgan fingerprint density at radius 2 is 2.00 bits per heavy atom. The molecule has 0 spiro atoms. The lowest BCUT2D eigenvalue weighted by molar-refractivity contribution is 0.0989. The molecule has 0 aliphatic heterocycles. The normalized spacial score (nSPS) is 15.0. The SMILES string of the molecule is Cc1cc(Cl)ccc1C(O)C(CN)CC(C)C. The molecule has 0 fully saturated rings. The third kappa shape index (κ3) is 3.98. The van der Waals surface area contributed by atoms with Crippen molar-refractivity contribution < 1.29 is 5.11 Å². The highest BCUT2D eigenvalue weighted by atomic mass is 35.5. The van der Waals surface area contributed by atoms with E-state index in [0.717, 1.165) is 17.5 Å². The third-order valence-electron chi connectivity index (χ3n) is 3.07. The van der Waals surface area contributed by atoms with Gasteiger partial charge < -0.3 is 10.8 Å². The van der Waals surface area contributed by atoms with Gasteiger partial charge in [-0.2, -0.15) is 0 Å². The van der Waals surface area contributed by atoms with Gasteiger partial charge in [-0.05, 0) is 49.1 Å². The van der Waals surface area contributed by atoms with Crippen molar-refractivity contribution >= 4 is 11.6 Å². The Morgan fingerprint density at radius 1 is 1.35 bits per heavy atom. The number of hydrogen-bond donors (Lipinski definition) is 2. The first-order chi connectivity index (χ1) is 7.95. The van der Waals surface area contributed by atoms with Gasteiger partial charge in [-0.3, -0.25) is 0 Å². The van der Waals surface area contributed by atoms with Crippen molar-refractivity contribution in [3.63, 3.8) is 0 Å². The predicted molar refractivity (Wildman–Crippen MR) is 73.1 cm³/mol. The van der Waals surface area contributed by atoms with Crippen LogP contribution in [0.1, 0.15) is 37.5 Å². The quantitative estimate of drug-likeness (QED) is 0.848. The van der Waals surface area contributed by atoms with Gasteiger partial charge in [0.1, 0.15) is 0 Å². The number of benzene rings is 1. The Bertz CT molecular complexity index is 365. The number of aliphatic hydroxyl groups excluding tert-OH is 1. The minimum Gasteiger partial charge on any atom is -0.388 e. The maximum absolute atomic E-state index is 10.4. The van der Waals surface area contributed by atoms with E-state index < -0.39 is 6.10 Å². The van der Waals surface area contributed by atoms with Gasteiger partial charge in [-0.1, -0.05) is 31.5 Å². The van der Waals surface area contributed by atoms with Gasteiger partial charge in [0.15, 0.2) is 0 Å². The number of aliphatic hydroxyl groups is 1. The molecule has 1 aromatic carbocycles. The number of halogens is 1. The predicted octanol–water partition coefficient (Wildman–Crippen LogP) is 3.30. The maximum Gasteiger partial charge on any atom is 0.0832 e. The summed E-state index contributed by atoms with van der Waals surface area (Å²) in [6.07, 6.45) is 0.430. The van der Waals surface area contributed by atoms with Crippen LogP contribution >= 0.6 is 11.6 Å². The highest BCUT2D eigenvalue weighted by molar-refractivity contribution is 6.30. The molecule has 0 radical (unpaired) electrons. The second-order valence-electron chi connectivity index (χ2n) is 5.07. The van der Waals surface area contributed by atoms with E-state index in [1.54, 1.807) is 0 Å². The van der Waals surface area contributed by atoms with Crippen LogP contribution in [0.5, 0.6) is 0 Å². The van der Waals surface area contributed by atoms with Gasteiger partial charge in [0.05, 0.1) is 6.10 Å². The molecule has 17 heavy (non-hydrogen) atoms. The van der Waals surface area contributed by atoms with Gasteiger partial charge in [-0.15, -0.1) is 0 Å². The Kier molecular flexibility index (Phi) is 5.44. The fraction of sp³-hybridized carbons (Fsp3) is 0.571. The number of rotatable bonds is 5. The molecule has 3 N–H and O–H groups in total. The Labute approximate surface area is 109 Å². The van der Waals surface area contributed by atoms with Crippen molar-refractivity contribution in [2.75, 3.05) is 6.54 Å². The van der Waals surface area contributed by atoms with Crippen LogP contribution in [0.25, 0.3) is 0 Å². The maximum atomic E-state index is 10.4. The molecule has 0 saturated carbocycles. The molecule has 0 heterocycles. The minimum absolute atomic E-state index is 0.106. The van der Waals surface area contributed by atoms with Crippen molar-refractivity contribution in [3.05, 3.63) is 34.3 Å². The molecule has 2 atom stereocenters. The van der Waals surface area contributed by atoms with Crippen LogP contribution in [0.4, 0.5) is 0 Å². The summed E-state index contributed by atoms with van der Waals surface area (Å²) < 4.78 is 0. The largest absolute Gasteiger partial charge is 0.388 e. The Balaban J connectivity index is 2.89. The number of nitrogens with two attached hydrogens (primary N) is 1. The van der Waals surface area contributed by atoms with Crippen LogP contribution in [0, 0.1) is 18.8 Å². The van der Waals surface area contributed by atoms with E-state index >= 15 is 0 Å². The van der Waals surface area contributed by atoms with Gasteiger partial charge in [0, 0.05) is 10.9 Å². The molecule has 0 aromatic heterocycles.